The van der Waals surface area contributed by atoms with Gasteiger partial charge in [0.2, 0.25) is 5.95 Å². The van der Waals surface area contributed by atoms with Crippen molar-refractivity contribution in [1.82, 2.24) is 9.55 Å². The zero-order valence-corrected chi connectivity index (χ0v) is 11.8. The number of anilines is 1. The molecule has 108 valence electrons. The van der Waals surface area contributed by atoms with Crippen LogP contribution < -0.4 is 5.73 Å². The number of imidazole rings is 1. The molecule has 2 aromatic carbocycles. The molecule has 21 heavy (non-hydrogen) atoms. The third-order valence-corrected chi connectivity index (χ3v) is 3.54. The van der Waals surface area contributed by atoms with Gasteiger partial charge < -0.3 is 5.73 Å². The number of nitrogens with zero attached hydrogens (tertiary/aromatic N) is 2. The molecule has 3 rings (SSSR count). The van der Waals surface area contributed by atoms with Crippen LogP contribution in [-0.4, -0.2) is 9.55 Å². The number of fused-ring (bicyclic) bond motifs is 1. The minimum absolute atomic E-state index is 0.0166. The molecule has 1 heterocycles. The maximum absolute atomic E-state index is 14.0. The fraction of sp³-hybridized carbons (Fsp3) is 0. The molecule has 0 fully saturated rings. The fourth-order valence-electron chi connectivity index (χ4n) is 2.06. The molecule has 8 heteroatoms. The molecule has 1 aromatic heterocycles. The molecule has 0 aliphatic rings. The van der Waals surface area contributed by atoms with Crippen LogP contribution in [0, 0.1) is 23.3 Å². The highest BCUT2D eigenvalue weighted by Crippen LogP contribution is 2.30. The Kier molecular flexibility index (Phi) is 3.12. The van der Waals surface area contributed by atoms with Gasteiger partial charge in [-0.25, -0.2) is 22.5 Å². The van der Waals surface area contributed by atoms with E-state index in [1.165, 1.54) is 0 Å². The van der Waals surface area contributed by atoms with Gasteiger partial charge in [-0.15, -0.1) is 0 Å². The van der Waals surface area contributed by atoms with E-state index in [9.17, 15) is 17.6 Å². The zero-order valence-electron chi connectivity index (χ0n) is 10.2. The lowest BCUT2D eigenvalue weighted by Crippen LogP contribution is -2.04. The lowest BCUT2D eigenvalue weighted by Gasteiger charge is -2.09. The quantitative estimate of drug-likeness (QED) is 0.528. The number of rotatable bonds is 1. The minimum atomic E-state index is -0.939. The first-order valence-corrected chi connectivity index (χ1v) is 6.45. The van der Waals surface area contributed by atoms with Gasteiger partial charge in [-0.05, 0) is 22.0 Å². The van der Waals surface area contributed by atoms with Crippen molar-refractivity contribution >= 4 is 32.9 Å². The van der Waals surface area contributed by atoms with Crippen molar-refractivity contribution < 1.29 is 17.6 Å². The molecule has 0 aliphatic carbocycles. The van der Waals surface area contributed by atoms with Gasteiger partial charge in [0.25, 0.3) is 0 Å². The summed E-state index contributed by atoms with van der Waals surface area (Å²) in [5.41, 5.74) is 5.22. The molecule has 2 N–H and O–H groups in total. The smallest absolute Gasteiger partial charge is 0.206 e. The van der Waals surface area contributed by atoms with Gasteiger partial charge >= 0.3 is 0 Å². The van der Waals surface area contributed by atoms with Gasteiger partial charge in [-0.1, -0.05) is 0 Å². The first-order valence-electron chi connectivity index (χ1n) is 5.66. The van der Waals surface area contributed by atoms with Crippen molar-refractivity contribution in [2.45, 2.75) is 0 Å². The van der Waals surface area contributed by atoms with E-state index in [1.807, 2.05) is 0 Å². The van der Waals surface area contributed by atoms with Gasteiger partial charge in [0.1, 0.15) is 23.0 Å². The lowest BCUT2D eigenvalue weighted by atomic mass is 10.2. The topological polar surface area (TPSA) is 43.8 Å². The van der Waals surface area contributed by atoms with Crippen LogP contribution in [0.15, 0.2) is 28.7 Å². The molecule has 0 bridgehead atoms. The second-order valence-electron chi connectivity index (χ2n) is 4.28. The maximum Gasteiger partial charge on any atom is 0.206 e. The van der Waals surface area contributed by atoms with Crippen LogP contribution in [0.1, 0.15) is 0 Å². The van der Waals surface area contributed by atoms with E-state index in [2.05, 4.69) is 20.9 Å². The average Bonchev–Trinajstić information content (AvgIpc) is 2.71. The van der Waals surface area contributed by atoms with Crippen LogP contribution in [0.3, 0.4) is 0 Å². The highest BCUT2D eigenvalue weighted by atomic mass is 79.9. The Morgan fingerprint density at radius 1 is 0.952 bits per heavy atom. The Bertz CT molecular complexity index is 876. The lowest BCUT2D eigenvalue weighted by molar-refractivity contribution is 0.574. The molecule has 0 saturated heterocycles. The van der Waals surface area contributed by atoms with Crippen LogP contribution in [0.25, 0.3) is 16.7 Å². The van der Waals surface area contributed by atoms with Crippen molar-refractivity contribution in [2.24, 2.45) is 0 Å². The number of halogens is 5. The molecule has 0 unspecified atom stereocenters. The largest absolute Gasteiger partial charge is 0.369 e. The third kappa shape index (κ3) is 2.15. The van der Waals surface area contributed by atoms with E-state index < -0.39 is 23.3 Å². The average molecular weight is 360 g/mol. The summed E-state index contributed by atoms with van der Waals surface area (Å²) in [6.45, 7) is 0. The van der Waals surface area contributed by atoms with Crippen LogP contribution in [-0.2, 0) is 0 Å². The summed E-state index contributed by atoms with van der Waals surface area (Å²) in [7, 11) is 0. The molecule has 0 amide bonds. The monoisotopic (exact) mass is 359 g/mol. The number of aromatic nitrogens is 2. The summed E-state index contributed by atoms with van der Waals surface area (Å²) >= 11 is 2.92. The summed E-state index contributed by atoms with van der Waals surface area (Å²) < 4.78 is 55.3. The molecule has 0 saturated carbocycles. The number of nitrogens with two attached hydrogens (primary N) is 1. The zero-order chi connectivity index (χ0) is 15.3. The van der Waals surface area contributed by atoms with Gasteiger partial charge in [0, 0.05) is 18.2 Å². The van der Waals surface area contributed by atoms with E-state index in [0.29, 0.717) is 12.1 Å². The first kappa shape index (κ1) is 13.9. The second-order valence-corrected chi connectivity index (χ2v) is 5.13. The van der Waals surface area contributed by atoms with E-state index in [0.717, 1.165) is 16.7 Å². The first-order chi connectivity index (χ1) is 9.88. The van der Waals surface area contributed by atoms with Crippen LogP contribution in [0.2, 0.25) is 0 Å². The molecule has 0 atom stereocenters. The van der Waals surface area contributed by atoms with E-state index >= 15 is 0 Å². The van der Waals surface area contributed by atoms with Crippen LogP contribution in [0.4, 0.5) is 23.5 Å². The molecule has 0 aliphatic heterocycles. The van der Waals surface area contributed by atoms with Crippen LogP contribution >= 0.6 is 15.9 Å². The number of hydrogen-bond acceptors (Lipinski definition) is 2. The maximum atomic E-state index is 14.0. The van der Waals surface area contributed by atoms with Crippen molar-refractivity contribution in [3.05, 3.63) is 52.0 Å². The summed E-state index contributed by atoms with van der Waals surface area (Å²) in [6.07, 6.45) is 0. The van der Waals surface area contributed by atoms with E-state index in [-0.39, 0.29) is 27.1 Å². The SMILES string of the molecule is Nc1nc2c(F)cc(F)cc2n1-c1cc(Br)c(F)cc1F. The van der Waals surface area contributed by atoms with Crippen LogP contribution in [0.5, 0.6) is 0 Å². The molecule has 3 nitrogen and oxygen atoms in total. The highest BCUT2D eigenvalue weighted by Gasteiger charge is 2.19. The Hall–Kier alpha value is -2.09. The summed E-state index contributed by atoms with van der Waals surface area (Å²) in [5.74, 6) is -3.77. The Balaban J connectivity index is 2.40. The van der Waals surface area contributed by atoms with E-state index in [1.54, 1.807) is 0 Å². The van der Waals surface area contributed by atoms with Crippen molar-refractivity contribution in [2.75, 3.05) is 5.73 Å². The predicted molar refractivity (Wildman–Crippen MR) is 73.0 cm³/mol. The minimum Gasteiger partial charge on any atom is -0.369 e. The van der Waals surface area contributed by atoms with Crippen molar-refractivity contribution in [3.63, 3.8) is 0 Å². The second kappa shape index (κ2) is 4.73. The van der Waals surface area contributed by atoms with Gasteiger partial charge in [-0.2, -0.15) is 0 Å². The number of nitrogen functional groups attached to an aromatic ring is 1. The van der Waals surface area contributed by atoms with Crippen molar-refractivity contribution in [3.8, 4) is 5.69 Å². The number of hydrogen-bond donors (Lipinski definition) is 1. The normalized spacial score (nSPS) is 11.3. The summed E-state index contributed by atoms with van der Waals surface area (Å²) in [5, 5.41) is 0. The Morgan fingerprint density at radius 3 is 2.38 bits per heavy atom. The molecular weight excluding hydrogens is 354 g/mol. The molecule has 0 radical (unpaired) electrons. The molecular formula is C13H6BrF4N3. The fourth-order valence-corrected chi connectivity index (χ4v) is 2.39. The number of benzene rings is 2. The predicted octanol–water partition coefficient (Wildman–Crippen LogP) is 3.93. The summed E-state index contributed by atoms with van der Waals surface area (Å²) in [6, 6.07) is 3.37. The van der Waals surface area contributed by atoms with E-state index in [4.69, 9.17) is 5.73 Å². The van der Waals surface area contributed by atoms with Gasteiger partial charge in [0.15, 0.2) is 5.82 Å². The standard InChI is InChI=1S/C13H6BrF4N3/c14-6-3-10(8(17)4-7(6)16)21-11-2-5(15)1-9(18)12(11)20-13(21)19/h1-4H,(H2,19,20). The van der Waals surface area contributed by atoms with Crippen molar-refractivity contribution in [1.29, 1.82) is 0 Å². The Morgan fingerprint density at radius 2 is 1.67 bits per heavy atom. The molecule has 0 spiro atoms. The molecule has 3 aromatic rings. The third-order valence-electron chi connectivity index (χ3n) is 2.94. The van der Waals surface area contributed by atoms with Gasteiger partial charge in [-0.3, -0.25) is 4.57 Å². The van der Waals surface area contributed by atoms with Gasteiger partial charge in [0.05, 0.1) is 15.7 Å². The summed E-state index contributed by atoms with van der Waals surface area (Å²) in [4.78, 5) is 3.75. The highest BCUT2D eigenvalue weighted by molar-refractivity contribution is 9.10. The Labute approximate surface area is 124 Å².